The van der Waals surface area contributed by atoms with Crippen LogP contribution in [-0.4, -0.2) is 42.5 Å². The third-order valence-electron chi connectivity index (χ3n) is 8.06. The summed E-state index contributed by atoms with van der Waals surface area (Å²) in [5, 5.41) is 0.835. The van der Waals surface area contributed by atoms with Gasteiger partial charge in [0, 0.05) is 12.1 Å². The molecule has 11 heteroatoms. The zero-order valence-corrected chi connectivity index (χ0v) is 21.6. The van der Waals surface area contributed by atoms with Crippen LogP contribution < -0.4 is 4.72 Å². The smallest absolute Gasteiger partial charge is 0.241 e. The van der Waals surface area contributed by atoms with Gasteiger partial charge in [0.05, 0.1) is 16.1 Å². The topological polar surface area (TPSA) is 62.3 Å². The van der Waals surface area contributed by atoms with Crippen LogP contribution in [0.2, 0.25) is 0 Å². The van der Waals surface area contributed by atoms with Gasteiger partial charge in [0.25, 0.3) is 10.2 Å². The van der Waals surface area contributed by atoms with Gasteiger partial charge in [-0.2, -0.15) is 30.6 Å². The molecule has 196 valence electrons. The zero-order valence-electron chi connectivity index (χ0n) is 20.0. The zero-order chi connectivity index (χ0) is 26.2. The van der Waals surface area contributed by atoms with E-state index in [1.807, 2.05) is 19.1 Å². The van der Waals surface area contributed by atoms with Crippen molar-refractivity contribution in [3.8, 4) is 21.0 Å². The van der Waals surface area contributed by atoms with Crippen LogP contribution in [-0.2, 0) is 23.1 Å². The van der Waals surface area contributed by atoms with E-state index in [4.69, 9.17) is 4.98 Å². The van der Waals surface area contributed by atoms with Gasteiger partial charge in [-0.15, -0.1) is 11.3 Å². The summed E-state index contributed by atoms with van der Waals surface area (Å²) in [5.41, 5.74) is 4.00. The van der Waals surface area contributed by atoms with Crippen LogP contribution >= 0.6 is 11.3 Å². The molecule has 3 unspecified atom stereocenters. The molecule has 1 aliphatic heterocycles. The van der Waals surface area contributed by atoms with E-state index in [0.717, 1.165) is 50.7 Å². The maximum Gasteiger partial charge on any atom is 0.402 e. The summed E-state index contributed by atoms with van der Waals surface area (Å²) in [6, 6.07) is 12.5. The minimum atomic E-state index is -4.60. The summed E-state index contributed by atoms with van der Waals surface area (Å²) in [6.45, 7) is 0.294. The van der Waals surface area contributed by atoms with Crippen molar-refractivity contribution in [3.05, 3.63) is 65.1 Å². The first-order chi connectivity index (χ1) is 17.4. The average molecular weight is 552 g/mol. The maximum atomic E-state index is 13.4. The number of aromatic nitrogens is 1. The highest BCUT2D eigenvalue weighted by atomic mass is 32.2. The second-order valence-electron chi connectivity index (χ2n) is 10.3. The van der Waals surface area contributed by atoms with E-state index in [1.54, 1.807) is 12.1 Å². The third kappa shape index (κ3) is 4.39. The second kappa shape index (κ2) is 8.59. The molecule has 3 atom stereocenters. The summed E-state index contributed by atoms with van der Waals surface area (Å²) >= 11 is 1.53. The monoisotopic (exact) mass is 551 g/mol. The molecule has 3 aromatic rings. The lowest BCUT2D eigenvalue weighted by Crippen LogP contribution is -2.52. The molecule has 2 bridgehead atoms. The molecular formula is C26H25F4N3O2S2. The predicted octanol–water partition coefficient (Wildman–Crippen LogP) is 5.50. The first-order valence-electron chi connectivity index (χ1n) is 12.1. The first-order valence-corrected chi connectivity index (χ1v) is 14.4. The minimum Gasteiger partial charge on any atom is -0.241 e. The number of rotatable bonds is 3. The SMILES string of the molecule is Cc1nc(-c2ccc3c(c2)CC2CCC(C3)C23CN(CC(F)(F)F)S(=O)(=O)N3)sc1-c1ccc(F)cc1. The van der Waals surface area contributed by atoms with Crippen LogP contribution in [0.15, 0.2) is 42.5 Å². The fraction of sp³-hybridized carbons (Fsp3) is 0.423. The Labute approximate surface area is 216 Å². The fourth-order valence-electron chi connectivity index (χ4n) is 6.37. The molecule has 0 amide bonds. The Kier molecular flexibility index (Phi) is 5.79. The minimum absolute atomic E-state index is 0.0650. The van der Waals surface area contributed by atoms with Crippen LogP contribution in [0.3, 0.4) is 0 Å². The van der Waals surface area contributed by atoms with Crippen molar-refractivity contribution < 1.29 is 26.0 Å². The van der Waals surface area contributed by atoms with E-state index in [-0.39, 0.29) is 24.2 Å². The molecule has 1 saturated carbocycles. The van der Waals surface area contributed by atoms with Gasteiger partial charge in [-0.1, -0.05) is 24.3 Å². The number of fused-ring (bicyclic) bond motifs is 1. The number of nitrogens with one attached hydrogen (secondary N) is 1. The Bertz CT molecular complexity index is 1470. The Hall–Kier alpha value is -2.34. The lowest BCUT2D eigenvalue weighted by atomic mass is 9.79. The van der Waals surface area contributed by atoms with Gasteiger partial charge >= 0.3 is 6.18 Å². The summed E-state index contributed by atoms with van der Waals surface area (Å²) in [6.07, 6.45) is -1.84. The molecule has 2 fully saturated rings. The highest BCUT2D eigenvalue weighted by Gasteiger charge is 2.60. The second-order valence-corrected chi connectivity index (χ2v) is 13.0. The number of benzene rings is 2. The lowest BCUT2D eigenvalue weighted by Gasteiger charge is -2.33. The maximum absolute atomic E-state index is 13.4. The molecule has 1 spiro atoms. The van der Waals surface area contributed by atoms with Crippen LogP contribution in [0, 0.1) is 24.6 Å². The molecule has 1 N–H and O–H groups in total. The van der Waals surface area contributed by atoms with Gasteiger partial charge < -0.3 is 0 Å². The van der Waals surface area contributed by atoms with E-state index in [2.05, 4.69) is 10.8 Å². The molecule has 6 rings (SSSR count). The Morgan fingerprint density at radius 1 is 1.05 bits per heavy atom. The molecule has 0 radical (unpaired) electrons. The van der Waals surface area contributed by atoms with Gasteiger partial charge in [-0.05, 0) is 79.3 Å². The van der Waals surface area contributed by atoms with Gasteiger partial charge in [0.15, 0.2) is 0 Å². The van der Waals surface area contributed by atoms with Crippen molar-refractivity contribution in [3.63, 3.8) is 0 Å². The highest BCUT2D eigenvalue weighted by Crippen LogP contribution is 2.51. The molecule has 2 aliphatic carbocycles. The Morgan fingerprint density at radius 2 is 1.70 bits per heavy atom. The largest absolute Gasteiger partial charge is 0.402 e. The van der Waals surface area contributed by atoms with Crippen molar-refractivity contribution in [2.75, 3.05) is 13.1 Å². The summed E-state index contributed by atoms with van der Waals surface area (Å²) < 4.78 is 81.4. The van der Waals surface area contributed by atoms with Crippen molar-refractivity contribution in [1.82, 2.24) is 14.0 Å². The van der Waals surface area contributed by atoms with Crippen molar-refractivity contribution in [2.24, 2.45) is 11.8 Å². The first kappa shape index (κ1) is 25.0. The van der Waals surface area contributed by atoms with Crippen molar-refractivity contribution in [2.45, 2.75) is 44.3 Å². The van der Waals surface area contributed by atoms with Gasteiger partial charge in [-0.25, -0.2) is 9.37 Å². The molecule has 3 aliphatic rings. The van der Waals surface area contributed by atoms with Gasteiger partial charge in [0.1, 0.15) is 17.4 Å². The van der Waals surface area contributed by atoms with Crippen molar-refractivity contribution >= 4 is 21.5 Å². The number of hydrogen-bond acceptors (Lipinski definition) is 4. The lowest BCUT2D eigenvalue weighted by molar-refractivity contribution is -0.136. The number of thiazole rings is 1. The predicted molar refractivity (Wildman–Crippen MR) is 134 cm³/mol. The standard InChI is InChI=1S/C26H25F4N3O2S2/c1-15-23(16-4-8-22(27)9-5-16)36-24(31-15)18-3-2-17-11-20-6-7-21(12-19(17)10-18)25(20)13-33(14-26(28,29)30)37(34,35)32-25/h2-5,8-10,20-21,32H,6-7,11-14H2,1H3. The van der Waals surface area contributed by atoms with Crippen LogP contribution in [0.5, 0.6) is 0 Å². The molecular weight excluding hydrogens is 526 g/mol. The number of halogens is 4. The van der Waals surface area contributed by atoms with E-state index >= 15 is 0 Å². The molecule has 37 heavy (non-hydrogen) atoms. The summed E-state index contributed by atoms with van der Waals surface area (Å²) in [4.78, 5) is 5.72. The van der Waals surface area contributed by atoms with E-state index in [1.165, 1.54) is 23.5 Å². The Morgan fingerprint density at radius 3 is 2.38 bits per heavy atom. The van der Waals surface area contributed by atoms with Crippen LogP contribution in [0.4, 0.5) is 17.6 Å². The van der Waals surface area contributed by atoms with Gasteiger partial charge in [-0.3, -0.25) is 0 Å². The van der Waals surface area contributed by atoms with Crippen molar-refractivity contribution in [1.29, 1.82) is 0 Å². The molecule has 5 nitrogen and oxygen atoms in total. The van der Waals surface area contributed by atoms with Crippen LogP contribution in [0.1, 0.15) is 29.7 Å². The Balaban J connectivity index is 1.31. The number of hydrogen-bond donors (Lipinski definition) is 1. The van der Waals surface area contributed by atoms with E-state index < -0.39 is 28.5 Å². The summed E-state index contributed by atoms with van der Waals surface area (Å²) in [5.74, 6) is -0.449. The molecule has 2 aromatic carbocycles. The van der Waals surface area contributed by atoms with Crippen LogP contribution in [0.25, 0.3) is 21.0 Å². The quantitative estimate of drug-likeness (QED) is 0.438. The average Bonchev–Trinajstić information content (AvgIpc) is 3.38. The molecule has 1 aromatic heterocycles. The third-order valence-corrected chi connectivity index (χ3v) is 10.9. The van der Waals surface area contributed by atoms with E-state index in [0.29, 0.717) is 17.1 Å². The molecule has 2 heterocycles. The normalized spacial score (nSPS) is 26.9. The van der Waals surface area contributed by atoms with E-state index in [9.17, 15) is 26.0 Å². The summed E-state index contributed by atoms with van der Waals surface area (Å²) in [7, 11) is -4.21. The number of nitrogens with zero attached hydrogens (tertiary/aromatic N) is 2. The fourth-order valence-corrected chi connectivity index (χ4v) is 9.14. The van der Waals surface area contributed by atoms with Gasteiger partial charge in [0.2, 0.25) is 0 Å². The molecule has 1 saturated heterocycles. The number of alkyl halides is 3. The number of aryl methyl sites for hydroxylation is 1. The highest BCUT2D eigenvalue weighted by molar-refractivity contribution is 7.87.